The standard InChI is InChI=1S/C28H25Cl4N3O.C27H24Cl3N3O.C27H23ClF3N3O/c1-18-13-20(14-26(32)33-18)27(36)35-17-28(23-15-21(29)6-7-25(23)35)8-11-34(12-9-28)10-2-3-19-4-5-22(30)16-24(19)31;28-21-5-1-3-19(15-21)4-2-12-32-13-9-27(10-14-32)18-33(24-7-6-22(29)17-23(24)27)26(34)20-8-11-31-25(30)16-20;28-25-15-19(7-10-32-25)26(35)34-17-27(21-16-20(29)4-6-24(21)34)8-12-33(13-9-27)11-1-2-18-3-5-22(30)23(31)14-18/h2-7,13-16H,8-12,17H2,1H3;1-8,11,15-17H,9-10,12-14,18H2;1-7,10,14-16H,8-9,11-13,17H2/b3-2+;4-2+;2-1+. The van der Waals surface area contributed by atoms with Crippen LogP contribution in [0.2, 0.25) is 40.6 Å². The molecule has 15 rings (SSSR count). The maximum Gasteiger partial charge on any atom is 0.258 e. The van der Waals surface area contributed by atoms with Gasteiger partial charge in [-0.1, -0.05) is 154 Å². The van der Waals surface area contributed by atoms with E-state index in [0.717, 1.165) is 147 Å². The van der Waals surface area contributed by atoms with Gasteiger partial charge in [0.25, 0.3) is 17.7 Å². The minimum atomic E-state index is -0.868. The Morgan fingerprint density at radius 3 is 1.31 bits per heavy atom. The molecule has 3 aromatic heterocycles. The molecule has 3 saturated heterocycles. The Labute approximate surface area is 649 Å². The zero-order chi connectivity index (χ0) is 73.7. The zero-order valence-electron chi connectivity index (χ0n) is 57.2. The monoisotopic (exact) mass is 1570 g/mol. The first kappa shape index (κ1) is 75.6. The van der Waals surface area contributed by atoms with Crippen LogP contribution in [-0.2, 0) is 16.2 Å². The Kier molecular flexibility index (Phi) is 23.7. The fraction of sp³-hybridized carbons (Fsp3) is 0.268. The van der Waals surface area contributed by atoms with Crippen LogP contribution in [-0.4, -0.2) is 126 Å². The molecule has 0 unspecified atom stereocenters. The molecule has 540 valence electrons. The molecular weight excluding hydrogens is 1500 g/mol. The molecule has 3 spiro atoms. The van der Waals surface area contributed by atoms with E-state index in [1.165, 1.54) is 30.0 Å². The van der Waals surface area contributed by atoms with Gasteiger partial charge in [0, 0.05) is 132 Å². The number of hydrogen-bond donors (Lipinski definition) is 0. The summed E-state index contributed by atoms with van der Waals surface area (Å²) in [5, 5.41) is 4.29. The molecule has 0 aliphatic carbocycles. The molecule has 23 heteroatoms. The molecule has 0 N–H and O–H groups in total. The maximum atomic E-state index is 14.3. The Bertz CT molecular complexity index is 4840. The summed E-state index contributed by atoms with van der Waals surface area (Å²) in [4.78, 5) is 65.1. The van der Waals surface area contributed by atoms with Crippen LogP contribution < -0.4 is 14.7 Å². The summed E-state index contributed by atoms with van der Waals surface area (Å²) in [6.07, 6.45) is 20.6. The predicted octanol–water partition coefficient (Wildman–Crippen LogP) is 20.3. The lowest BCUT2D eigenvalue weighted by molar-refractivity contribution is 0.0970. The van der Waals surface area contributed by atoms with Gasteiger partial charge in [-0.2, -0.15) is 0 Å². The van der Waals surface area contributed by atoms with Crippen molar-refractivity contribution < 1.29 is 27.6 Å². The van der Waals surface area contributed by atoms with Crippen molar-refractivity contribution >= 4 is 146 Å². The van der Waals surface area contributed by atoms with Gasteiger partial charge >= 0.3 is 0 Å². The van der Waals surface area contributed by atoms with Crippen molar-refractivity contribution in [3.63, 3.8) is 0 Å². The molecule has 6 aromatic carbocycles. The Balaban J connectivity index is 0.000000140. The van der Waals surface area contributed by atoms with E-state index in [1.54, 1.807) is 71.8 Å². The lowest BCUT2D eigenvalue weighted by Gasteiger charge is -2.39. The van der Waals surface area contributed by atoms with Crippen molar-refractivity contribution in [2.24, 2.45) is 0 Å². The highest BCUT2D eigenvalue weighted by atomic mass is 35.5. The van der Waals surface area contributed by atoms with Gasteiger partial charge in [-0.25, -0.2) is 28.1 Å². The average molecular weight is 1570 g/mol. The van der Waals surface area contributed by atoms with Crippen LogP contribution in [0.25, 0.3) is 18.2 Å². The van der Waals surface area contributed by atoms with Crippen molar-refractivity contribution in [1.82, 2.24) is 29.7 Å². The van der Waals surface area contributed by atoms with E-state index in [1.807, 2.05) is 102 Å². The number of amides is 3. The van der Waals surface area contributed by atoms with Crippen LogP contribution in [0.4, 0.5) is 30.2 Å². The summed E-state index contributed by atoms with van der Waals surface area (Å²) in [5.74, 6) is -2.36. The highest BCUT2D eigenvalue weighted by molar-refractivity contribution is 6.36. The van der Waals surface area contributed by atoms with E-state index in [9.17, 15) is 27.6 Å². The molecule has 12 nitrogen and oxygen atoms in total. The number of pyridine rings is 3. The maximum absolute atomic E-state index is 14.3. The molecule has 6 aliphatic rings. The summed E-state index contributed by atoms with van der Waals surface area (Å²) >= 11 is 49.4. The van der Waals surface area contributed by atoms with Gasteiger partial charge in [-0.05, 0) is 245 Å². The normalized spacial score (nSPS) is 17.3. The number of benzene rings is 6. The van der Waals surface area contributed by atoms with E-state index in [0.29, 0.717) is 78.8 Å². The fourth-order valence-corrected chi connectivity index (χ4v) is 17.0. The van der Waals surface area contributed by atoms with Crippen LogP contribution >= 0.6 is 92.8 Å². The number of carbonyl (C=O) groups excluding carboxylic acids is 3. The second kappa shape index (κ2) is 32.9. The molecule has 0 saturated carbocycles. The number of fused-ring (bicyclic) bond motifs is 6. The van der Waals surface area contributed by atoms with Crippen molar-refractivity contribution in [2.75, 3.05) is 93.2 Å². The van der Waals surface area contributed by atoms with E-state index < -0.39 is 11.6 Å². The van der Waals surface area contributed by atoms with Gasteiger partial charge < -0.3 is 14.7 Å². The number of aryl methyl sites for hydroxylation is 1. The minimum Gasteiger partial charge on any atom is -0.307 e. The molecular formula is C82H72Cl8F3N9O3. The van der Waals surface area contributed by atoms with E-state index >= 15 is 0 Å². The summed E-state index contributed by atoms with van der Waals surface area (Å²) in [6.45, 7) is 11.2. The number of halogens is 11. The third-order valence-electron chi connectivity index (χ3n) is 20.9. The number of carbonyl (C=O) groups is 3. The second-order valence-electron chi connectivity index (χ2n) is 27.6. The lowest BCUT2D eigenvalue weighted by atomic mass is 9.74. The first-order valence-corrected chi connectivity index (χ1v) is 37.6. The molecule has 0 bridgehead atoms. The van der Waals surface area contributed by atoms with E-state index in [2.05, 4.69) is 47.9 Å². The molecule has 6 aliphatic heterocycles. The molecule has 0 atom stereocenters. The number of aromatic nitrogens is 3. The minimum absolute atomic E-state index is 0.0587. The SMILES string of the molecule is Cc1cc(C(=O)N2CC3(CCN(C/C=C/c4ccc(Cl)cc4Cl)CC3)c3cc(Cl)ccc32)cc(Cl)n1.O=C(c1ccnc(Cl)c1)N1CC2(CCN(C/C=C/c3ccc(F)c(F)c3)CC2)c2cc(F)ccc21.O=C(c1ccnc(Cl)c1)N1CC2(CCN(C/C=C/c3cccc(Cl)c3)CC2)c2cc(Cl)ccc21. The number of rotatable bonds is 12. The lowest BCUT2D eigenvalue weighted by Crippen LogP contribution is -2.46. The Morgan fingerprint density at radius 1 is 0.419 bits per heavy atom. The number of anilines is 3. The molecule has 105 heavy (non-hydrogen) atoms. The van der Waals surface area contributed by atoms with Crippen LogP contribution in [0.5, 0.6) is 0 Å². The molecule has 3 fully saturated rings. The largest absolute Gasteiger partial charge is 0.307 e. The zero-order valence-corrected chi connectivity index (χ0v) is 63.2. The summed E-state index contributed by atoms with van der Waals surface area (Å²) in [7, 11) is 0. The quantitative estimate of drug-likeness (QED) is 0.110. The van der Waals surface area contributed by atoms with Gasteiger partial charge in [0.05, 0.1) is 0 Å². The molecule has 3 amide bonds. The number of hydrogen-bond acceptors (Lipinski definition) is 9. The number of piperidine rings is 3. The third-order valence-corrected chi connectivity index (χ3v) is 22.8. The summed E-state index contributed by atoms with van der Waals surface area (Å²) < 4.78 is 40.8. The predicted molar refractivity (Wildman–Crippen MR) is 420 cm³/mol. The average Bonchev–Trinajstić information content (AvgIpc) is 1.59. The first-order chi connectivity index (χ1) is 50.5. The third kappa shape index (κ3) is 17.4. The van der Waals surface area contributed by atoms with Gasteiger partial charge in [0.2, 0.25) is 0 Å². The van der Waals surface area contributed by atoms with Gasteiger partial charge in [-0.15, -0.1) is 0 Å². The number of likely N-dealkylation sites (tertiary alicyclic amines) is 3. The smallest absolute Gasteiger partial charge is 0.258 e. The van der Waals surface area contributed by atoms with Gasteiger partial charge in [0.1, 0.15) is 21.3 Å². The van der Waals surface area contributed by atoms with Gasteiger partial charge in [-0.3, -0.25) is 29.1 Å². The van der Waals surface area contributed by atoms with E-state index in [4.69, 9.17) is 92.8 Å². The van der Waals surface area contributed by atoms with Crippen LogP contribution in [0, 0.1) is 24.4 Å². The van der Waals surface area contributed by atoms with Crippen LogP contribution in [0.3, 0.4) is 0 Å². The van der Waals surface area contributed by atoms with Crippen molar-refractivity contribution in [1.29, 1.82) is 0 Å². The Hall–Kier alpha value is -7.61. The van der Waals surface area contributed by atoms with Crippen LogP contribution in [0.1, 0.15) is 109 Å². The number of nitrogens with zero attached hydrogens (tertiary/aromatic N) is 9. The van der Waals surface area contributed by atoms with Crippen LogP contribution in [0.15, 0.2) is 182 Å². The fourth-order valence-electron chi connectivity index (χ4n) is 15.4. The second-order valence-corrected chi connectivity index (χ2v) is 30.9. The van der Waals surface area contributed by atoms with Crippen molar-refractivity contribution in [2.45, 2.75) is 61.7 Å². The molecule has 9 aromatic rings. The Morgan fingerprint density at radius 2 is 0.848 bits per heavy atom. The topological polar surface area (TPSA) is 109 Å². The molecule has 9 heterocycles. The van der Waals surface area contributed by atoms with Gasteiger partial charge in [0.15, 0.2) is 11.6 Å². The van der Waals surface area contributed by atoms with E-state index in [-0.39, 0.29) is 44.9 Å². The highest BCUT2D eigenvalue weighted by Crippen LogP contribution is 2.52. The summed E-state index contributed by atoms with van der Waals surface area (Å²) in [5.41, 5.74) is 10.2. The summed E-state index contributed by atoms with van der Waals surface area (Å²) in [6, 6.07) is 43.5. The van der Waals surface area contributed by atoms with Crippen molar-refractivity contribution in [3.05, 3.63) is 296 Å². The highest BCUT2D eigenvalue weighted by Gasteiger charge is 2.50. The first-order valence-electron chi connectivity index (χ1n) is 34.6. The molecule has 0 radical (unpaired) electrons. The van der Waals surface area contributed by atoms with Crippen molar-refractivity contribution in [3.8, 4) is 0 Å².